The molecule has 0 saturated carbocycles. The maximum atomic E-state index is 11.5. The normalized spacial score (nSPS) is 11.2. The van der Waals surface area contributed by atoms with E-state index in [1.807, 2.05) is 25.1 Å². The molecule has 0 aliphatic heterocycles. The predicted molar refractivity (Wildman–Crippen MR) is 82.7 cm³/mol. The van der Waals surface area contributed by atoms with Gasteiger partial charge in [0.2, 0.25) is 11.8 Å². The SMILES string of the molecule is CCN(Cc1cccc(NC(=O)[C@@H](C)N)c1)C(C)=O.Cl. The molecule has 0 spiro atoms. The zero-order chi connectivity index (χ0) is 14.4. The Morgan fingerprint density at radius 3 is 2.55 bits per heavy atom. The molecule has 20 heavy (non-hydrogen) atoms. The summed E-state index contributed by atoms with van der Waals surface area (Å²) < 4.78 is 0. The molecule has 1 aromatic carbocycles. The lowest BCUT2D eigenvalue weighted by Crippen LogP contribution is -2.32. The first-order chi connectivity index (χ1) is 8.93. The van der Waals surface area contributed by atoms with Gasteiger partial charge in [-0.25, -0.2) is 0 Å². The van der Waals surface area contributed by atoms with Crippen LogP contribution in [0.15, 0.2) is 24.3 Å². The number of halogens is 1. The third-order valence-electron chi connectivity index (χ3n) is 2.81. The number of nitrogens with zero attached hydrogens (tertiary/aromatic N) is 1. The van der Waals surface area contributed by atoms with Crippen molar-refractivity contribution in [2.45, 2.75) is 33.4 Å². The molecule has 0 fully saturated rings. The van der Waals surface area contributed by atoms with Gasteiger partial charge >= 0.3 is 0 Å². The maximum Gasteiger partial charge on any atom is 0.240 e. The Hall–Kier alpha value is -1.59. The van der Waals surface area contributed by atoms with Gasteiger partial charge in [0, 0.05) is 25.7 Å². The summed E-state index contributed by atoms with van der Waals surface area (Å²) in [5.41, 5.74) is 7.16. The van der Waals surface area contributed by atoms with E-state index >= 15 is 0 Å². The van der Waals surface area contributed by atoms with Crippen molar-refractivity contribution < 1.29 is 9.59 Å². The van der Waals surface area contributed by atoms with Crippen molar-refractivity contribution in [3.8, 4) is 0 Å². The zero-order valence-corrected chi connectivity index (χ0v) is 12.9. The van der Waals surface area contributed by atoms with Gasteiger partial charge in [0.1, 0.15) is 0 Å². The number of benzene rings is 1. The number of nitrogens with one attached hydrogen (secondary N) is 1. The minimum atomic E-state index is -0.548. The molecule has 112 valence electrons. The smallest absolute Gasteiger partial charge is 0.240 e. The van der Waals surface area contributed by atoms with Crippen LogP contribution in [0.25, 0.3) is 0 Å². The molecular weight excluding hydrogens is 278 g/mol. The van der Waals surface area contributed by atoms with Gasteiger partial charge in [-0.05, 0) is 31.5 Å². The monoisotopic (exact) mass is 299 g/mol. The molecule has 1 rings (SSSR count). The number of carbonyl (C=O) groups is 2. The van der Waals surface area contributed by atoms with Crippen LogP contribution in [0.3, 0.4) is 0 Å². The van der Waals surface area contributed by atoms with Crippen LogP contribution in [0.5, 0.6) is 0 Å². The van der Waals surface area contributed by atoms with Gasteiger partial charge in [-0.3, -0.25) is 9.59 Å². The fourth-order valence-electron chi connectivity index (χ4n) is 1.67. The van der Waals surface area contributed by atoms with Crippen molar-refractivity contribution in [1.82, 2.24) is 4.90 Å². The molecule has 0 saturated heterocycles. The Balaban J connectivity index is 0.00000361. The van der Waals surface area contributed by atoms with Crippen molar-refractivity contribution in [2.24, 2.45) is 5.73 Å². The van der Waals surface area contributed by atoms with E-state index in [-0.39, 0.29) is 24.2 Å². The standard InChI is InChI=1S/C14H21N3O2.ClH/c1-4-17(11(3)18)9-12-6-5-7-13(8-12)16-14(19)10(2)15;/h5-8,10H,4,9,15H2,1-3H3,(H,16,19);1H/t10-;/m1./s1. The van der Waals surface area contributed by atoms with Crippen LogP contribution in [-0.4, -0.2) is 29.3 Å². The number of carbonyl (C=O) groups excluding carboxylic acids is 2. The van der Waals surface area contributed by atoms with Crippen LogP contribution < -0.4 is 11.1 Å². The lowest BCUT2D eigenvalue weighted by Gasteiger charge is -2.19. The molecule has 1 aromatic rings. The molecular formula is C14H22ClN3O2. The minimum Gasteiger partial charge on any atom is -0.339 e. The summed E-state index contributed by atoms with van der Waals surface area (Å²) in [4.78, 5) is 24.6. The van der Waals surface area contributed by atoms with Crippen LogP contribution in [0.4, 0.5) is 5.69 Å². The van der Waals surface area contributed by atoms with E-state index in [1.165, 1.54) is 0 Å². The number of hydrogen-bond acceptors (Lipinski definition) is 3. The molecule has 0 aromatic heterocycles. The third kappa shape index (κ3) is 5.59. The van der Waals surface area contributed by atoms with E-state index in [0.717, 1.165) is 5.56 Å². The minimum absolute atomic E-state index is 0. The average molecular weight is 300 g/mol. The number of hydrogen-bond donors (Lipinski definition) is 2. The van der Waals surface area contributed by atoms with E-state index in [2.05, 4.69) is 5.32 Å². The first-order valence-corrected chi connectivity index (χ1v) is 6.35. The van der Waals surface area contributed by atoms with Crippen molar-refractivity contribution in [1.29, 1.82) is 0 Å². The van der Waals surface area contributed by atoms with Crippen molar-refractivity contribution in [3.05, 3.63) is 29.8 Å². The topological polar surface area (TPSA) is 75.4 Å². The van der Waals surface area contributed by atoms with Gasteiger partial charge in [-0.15, -0.1) is 12.4 Å². The maximum absolute atomic E-state index is 11.5. The summed E-state index contributed by atoms with van der Waals surface area (Å²) in [6, 6.07) is 6.88. The van der Waals surface area contributed by atoms with Gasteiger partial charge in [0.05, 0.1) is 6.04 Å². The molecule has 0 radical (unpaired) electrons. The fraction of sp³-hybridized carbons (Fsp3) is 0.429. The van der Waals surface area contributed by atoms with E-state index < -0.39 is 6.04 Å². The highest BCUT2D eigenvalue weighted by atomic mass is 35.5. The van der Waals surface area contributed by atoms with E-state index in [0.29, 0.717) is 18.8 Å². The Morgan fingerprint density at radius 2 is 2.05 bits per heavy atom. The highest BCUT2D eigenvalue weighted by molar-refractivity contribution is 5.94. The summed E-state index contributed by atoms with van der Waals surface area (Å²) in [5, 5.41) is 2.73. The van der Waals surface area contributed by atoms with Gasteiger partial charge in [0.15, 0.2) is 0 Å². The Morgan fingerprint density at radius 1 is 1.40 bits per heavy atom. The highest BCUT2D eigenvalue weighted by Crippen LogP contribution is 2.13. The van der Waals surface area contributed by atoms with Crippen molar-refractivity contribution in [3.63, 3.8) is 0 Å². The van der Waals surface area contributed by atoms with Crippen LogP contribution in [0.2, 0.25) is 0 Å². The van der Waals surface area contributed by atoms with Gasteiger partial charge < -0.3 is 16.0 Å². The van der Waals surface area contributed by atoms with Crippen LogP contribution >= 0.6 is 12.4 Å². The highest BCUT2D eigenvalue weighted by Gasteiger charge is 2.09. The number of nitrogens with two attached hydrogens (primary N) is 1. The second kappa shape index (κ2) is 8.55. The van der Waals surface area contributed by atoms with Crippen molar-refractivity contribution in [2.75, 3.05) is 11.9 Å². The first kappa shape index (κ1) is 18.4. The second-order valence-corrected chi connectivity index (χ2v) is 4.51. The zero-order valence-electron chi connectivity index (χ0n) is 12.1. The predicted octanol–water partition coefficient (Wildman–Crippen LogP) is 1.76. The van der Waals surface area contributed by atoms with E-state index in [4.69, 9.17) is 5.73 Å². The molecule has 5 nitrogen and oxygen atoms in total. The molecule has 2 amide bonds. The van der Waals surface area contributed by atoms with E-state index in [9.17, 15) is 9.59 Å². The lowest BCUT2D eigenvalue weighted by molar-refractivity contribution is -0.129. The molecule has 3 N–H and O–H groups in total. The summed E-state index contributed by atoms with van der Waals surface area (Å²) >= 11 is 0. The summed E-state index contributed by atoms with van der Waals surface area (Å²) in [5.74, 6) is -0.191. The Kier molecular flexibility index (Phi) is 7.87. The van der Waals surface area contributed by atoms with Crippen molar-refractivity contribution >= 4 is 29.9 Å². The second-order valence-electron chi connectivity index (χ2n) is 4.51. The molecule has 0 unspecified atom stereocenters. The molecule has 0 bridgehead atoms. The van der Waals surface area contributed by atoms with Gasteiger partial charge in [0.25, 0.3) is 0 Å². The van der Waals surface area contributed by atoms with Crippen LogP contribution in [0.1, 0.15) is 26.3 Å². The quantitative estimate of drug-likeness (QED) is 0.870. The summed E-state index contributed by atoms with van der Waals surface area (Å²) in [6.07, 6.45) is 0. The summed E-state index contributed by atoms with van der Waals surface area (Å²) in [6.45, 7) is 6.31. The van der Waals surface area contributed by atoms with Crippen LogP contribution in [0, 0.1) is 0 Å². The van der Waals surface area contributed by atoms with Gasteiger partial charge in [-0.1, -0.05) is 12.1 Å². The molecule has 0 aliphatic rings. The number of anilines is 1. The number of rotatable bonds is 5. The first-order valence-electron chi connectivity index (χ1n) is 6.35. The largest absolute Gasteiger partial charge is 0.339 e. The summed E-state index contributed by atoms with van der Waals surface area (Å²) in [7, 11) is 0. The third-order valence-corrected chi connectivity index (χ3v) is 2.81. The Labute approximate surface area is 125 Å². The van der Waals surface area contributed by atoms with Gasteiger partial charge in [-0.2, -0.15) is 0 Å². The van der Waals surface area contributed by atoms with E-state index in [1.54, 1.807) is 24.8 Å². The molecule has 0 heterocycles. The van der Waals surface area contributed by atoms with Crippen LogP contribution in [-0.2, 0) is 16.1 Å². The molecule has 0 aliphatic carbocycles. The lowest BCUT2D eigenvalue weighted by atomic mass is 10.1. The molecule has 6 heteroatoms. The molecule has 1 atom stereocenters. The number of amides is 2. The Bertz CT molecular complexity index is 463. The average Bonchev–Trinajstić information content (AvgIpc) is 2.35. The fourth-order valence-corrected chi connectivity index (χ4v) is 1.67.